The number of hydrogen-bond acceptors (Lipinski definition) is 4. The van der Waals surface area contributed by atoms with Crippen molar-refractivity contribution in [3.8, 4) is 0 Å². The quantitative estimate of drug-likeness (QED) is 0.766. The summed E-state index contributed by atoms with van der Waals surface area (Å²) in [4.78, 5) is 16.7. The molecule has 23 heavy (non-hydrogen) atoms. The molecule has 3 heterocycles. The first-order chi connectivity index (χ1) is 11.2. The fraction of sp³-hybridized carbons (Fsp3) is 0.647. The number of aromatic nitrogens is 2. The summed E-state index contributed by atoms with van der Waals surface area (Å²) >= 11 is 0. The minimum Gasteiger partial charge on any atom is -0.368 e. The highest BCUT2D eigenvalue weighted by Crippen LogP contribution is 2.17. The molecule has 1 atom stereocenters. The van der Waals surface area contributed by atoms with Crippen molar-refractivity contribution in [1.29, 1.82) is 0 Å². The second-order valence-corrected chi connectivity index (χ2v) is 6.35. The van der Waals surface area contributed by atoms with Crippen LogP contribution < -0.4 is 0 Å². The molecule has 2 aliphatic rings. The maximum absolute atomic E-state index is 12.4. The van der Waals surface area contributed by atoms with Gasteiger partial charge >= 0.3 is 0 Å². The maximum Gasteiger partial charge on any atom is 0.251 e. The topological polar surface area (TPSA) is 50.6 Å². The first-order valence-corrected chi connectivity index (χ1v) is 8.44. The van der Waals surface area contributed by atoms with Crippen LogP contribution in [0, 0.1) is 6.92 Å². The molecule has 6 heteroatoms. The predicted molar refractivity (Wildman–Crippen MR) is 88.0 cm³/mol. The van der Waals surface area contributed by atoms with E-state index in [9.17, 15) is 4.79 Å². The van der Waals surface area contributed by atoms with Crippen molar-refractivity contribution in [2.75, 3.05) is 32.8 Å². The Labute approximate surface area is 137 Å². The number of carbonyl (C=O) groups is 1. The van der Waals surface area contributed by atoms with Gasteiger partial charge in [0.05, 0.1) is 12.2 Å². The summed E-state index contributed by atoms with van der Waals surface area (Å²) in [5.74, 6) is 0.178. The van der Waals surface area contributed by atoms with Gasteiger partial charge in [-0.25, -0.2) is 0 Å². The largest absolute Gasteiger partial charge is 0.368 e. The van der Waals surface area contributed by atoms with Crippen LogP contribution in [-0.4, -0.2) is 64.4 Å². The molecule has 0 aliphatic carbocycles. The third-order valence-electron chi connectivity index (χ3n) is 4.65. The van der Waals surface area contributed by atoms with Gasteiger partial charge in [-0.3, -0.25) is 14.4 Å². The molecule has 1 aromatic heterocycles. The van der Waals surface area contributed by atoms with E-state index in [0.29, 0.717) is 0 Å². The summed E-state index contributed by atoms with van der Waals surface area (Å²) < 4.78 is 7.43. The lowest BCUT2D eigenvalue weighted by atomic mass is 10.2. The third kappa shape index (κ3) is 3.82. The minimum absolute atomic E-state index is 0.178. The zero-order chi connectivity index (χ0) is 16.2. The summed E-state index contributed by atoms with van der Waals surface area (Å²) in [6, 6.07) is 0. The molecule has 1 amide bonds. The van der Waals surface area contributed by atoms with E-state index in [1.165, 1.54) is 5.56 Å². The molecular weight excluding hydrogens is 292 g/mol. The van der Waals surface area contributed by atoms with E-state index in [1.807, 2.05) is 22.6 Å². The lowest BCUT2D eigenvalue weighted by molar-refractivity contribution is -0.142. The molecule has 0 bridgehead atoms. The van der Waals surface area contributed by atoms with Crippen LogP contribution in [0.25, 0.3) is 0 Å². The molecule has 0 saturated carbocycles. The van der Waals surface area contributed by atoms with Crippen LogP contribution in [0.1, 0.15) is 24.1 Å². The molecule has 126 valence electrons. The summed E-state index contributed by atoms with van der Waals surface area (Å²) in [7, 11) is 0. The summed E-state index contributed by atoms with van der Waals surface area (Å²) in [6.45, 7) is 11.6. The van der Waals surface area contributed by atoms with Gasteiger partial charge in [-0.2, -0.15) is 5.10 Å². The summed E-state index contributed by atoms with van der Waals surface area (Å²) in [5, 5.41) is 4.50. The van der Waals surface area contributed by atoms with Crippen molar-refractivity contribution < 1.29 is 9.53 Å². The first-order valence-electron chi connectivity index (χ1n) is 8.44. The van der Waals surface area contributed by atoms with Gasteiger partial charge in [-0.15, -0.1) is 6.58 Å². The van der Waals surface area contributed by atoms with Gasteiger partial charge in [-0.05, 0) is 19.8 Å². The molecule has 1 aromatic rings. The van der Waals surface area contributed by atoms with Gasteiger partial charge < -0.3 is 9.64 Å². The number of carbonyl (C=O) groups excluding carboxylic acids is 1. The monoisotopic (exact) mass is 318 g/mol. The van der Waals surface area contributed by atoms with Gasteiger partial charge in [0.25, 0.3) is 5.91 Å². The number of nitrogens with zero attached hydrogens (tertiary/aromatic N) is 4. The molecule has 0 radical (unpaired) electrons. The van der Waals surface area contributed by atoms with Crippen molar-refractivity contribution in [2.24, 2.45) is 0 Å². The Bertz CT molecular complexity index is 555. The van der Waals surface area contributed by atoms with Gasteiger partial charge in [-0.1, -0.05) is 6.08 Å². The maximum atomic E-state index is 12.4. The predicted octanol–water partition coefficient (Wildman–Crippen LogP) is 1.20. The molecule has 3 rings (SSSR count). The number of piperazine rings is 1. The van der Waals surface area contributed by atoms with Crippen LogP contribution in [0.5, 0.6) is 0 Å². The number of hydrogen-bond donors (Lipinski definition) is 0. The zero-order valence-electron chi connectivity index (χ0n) is 13.9. The second-order valence-electron chi connectivity index (χ2n) is 6.35. The molecule has 0 aromatic carbocycles. The van der Waals surface area contributed by atoms with Crippen LogP contribution >= 0.6 is 0 Å². The Balaban J connectivity index is 1.51. The summed E-state index contributed by atoms with van der Waals surface area (Å²) in [5.41, 5.74) is 2.33. The van der Waals surface area contributed by atoms with Crippen LogP contribution in [0.15, 0.2) is 18.9 Å². The average molecular weight is 318 g/mol. The average Bonchev–Trinajstić information content (AvgIpc) is 3.19. The highest BCUT2D eigenvalue weighted by molar-refractivity contribution is 5.81. The van der Waals surface area contributed by atoms with E-state index >= 15 is 0 Å². The highest BCUT2D eigenvalue weighted by Gasteiger charge is 2.30. The van der Waals surface area contributed by atoms with E-state index in [1.54, 1.807) is 0 Å². The smallest absolute Gasteiger partial charge is 0.251 e. The Morgan fingerprint density at radius 3 is 2.87 bits per heavy atom. The molecule has 0 N–H and O–H groups in total. The standard InChI is InChI=1S/C17H26N4O2/c1-3-6-21-13-15(14(2)18-21)12-19-7-9-20(10-8-19)17(22)16-5-4-11-23-16/h3,13,16H,1,4-12H2,2H3/t16-/m1/s1. The van der Waals surface area contributed by atoms with Crippen LogP contribution in [0.3, 0.4) is 0 Å². The molecular formula is C17H26N4O2. The zero-order valence-corrected chi connectivity index (χ0v) is 13.9. The fourth-order valence-electron chi connectivity index (χ4n) is 3.28. The van der Waals surface area contributed by atoms with E-state index in [0.717, 1.165) is 64.4 Å². The van der Waals surface area contributed by atoms with Gasteiger partial charge in [0, 0.05) is 51.1 Å². The summed E-state index contributed by atoms with van der Waals surface area (Å²) in [6.07, 6.45) is 5.64. The number of amides is 1. The normalized spacial score (nSPS) is 22.5. The Morgan fingerprint density at radius 1 is 1.43 bits per heavy atom. The van der Waals surface area contributed by atoms with Crippen molar-refractivity contribution in [3.63, 3.8) is 0 Å². The molecule has 2 aliphatic heterocycles. The third-order valence-corrected chi connectivity index (χ3v) is 4.65. The lowest BCUT2D eigenvalue weighted by Crippen LogP contribution is -2.51. The SMILES string of the molecule is C=CCn1cc(CN2CCN(C(=O)[C@H]3CCCO3)CC2)c(C)n1. The number of rotatable bonds is 5. The lowest BCUT2D eigenvalue weighted by Gasteiger charge is -2.35. The number of ether oxygens (including phenoxy) is 1. The molecule has 2 fully saturated rings. The number of allylic oxidation sites excluding steroid dienone is 1. The molecule has 0 spiro atoms. The van der Waals surface area contributed by atoms with Crippen molar-refractivity contribution in [1.82, 2.24) is 19.6 Å². The van der Waals surface area contributed by atoms with Gasteiger partial charge in [0.2, 0.25) is 0 Å². The second kappa shape index (κ2) is 7.27. The van der Waals surface area contributed by atoms with E-state index in [2.05, 4.69) is 22.8 Å². The first kappa shape index (κ1) is 16.2. The molecule has 2 saturated heterocycles. The highest BCUT2D eigenvalue weighted by atomic mass is 16.5. The molecule has 0 unspecified atom stereocenters. The van der Waals surface area contributed by atoms with E-state index in [-0.39, 0.29) is 12.0 Å². The molecule has 6 nitrogen and oxygen atoms in total. The van der Waals surface area contributed by atoms with E-state index < -0.39 is 0 Å². The number of aryl methyl sites for hydroxylation is 1. The fourth-order valence-corrected chi connectivity index (χ4v) is 3.28. The van der Waals surface area contributed by atoms with Crippen LogP contribution in [0.4, 0.5) is 0 Å². The Kier molecular flexibility index (Phi) is 5.13. The van der Waals surface area contributed by atoms with Crippen molar-refractivity contribution >= 4 is 5.91 Å². The van der Waals surface area contributed by atoms with Crippen molar-refractivity contribution in [3.05, 3.63) is 30.1 Å². The minimum atomic E-state index is -0.194. The Hall–Kier alpha value is -1.66. The van der Waals surface area contributed by atoms with E-state index in [4.69, 9.17) is 4.74 Å². The Morgan fingerprint density at radius 2 is 2.22 bits per heavy atom. The van der Waals surface area contributed by atoms with Gasteiger partial charge in [0.1, 0.15) is 6.10 Å². The van der Waals surface area contributed by atoms with Crippen molar-refractivity contribution in [2.45, 2.75) is 39.0 Å². The van der Waals surface area contributed by atoms with Crippen LogP contribution in [0.2, 0.25) is 0 Å². The van der Waals surface area contributed by atoms with Gasteiger partial charge in [0.15, 0.2) is 0 Å². The van der Waals surface area contributed by atoms with Crippen LogP contribution in [-0.2, 0) is 22.6 Å².